The first-order valence-electron chi connectivity index (χ1n) is 4.58. The van der Waals surface area contributed by atoms with E-state index in [-0.39, 0.29) is 0 Å². The molecule has 0 atom stereocenters. The van der Waals surface area contributed by atoms with Gasteiger partial charge in [-0.1, -0.05) is 12.0 Å². The summed E-state index contributed by atoms with van der Waals surface area (Å²) in [6, 6.07) is 5.66. The maximum Gasteiger partial charge on any atom is 0.207 e. The summed E-state index contributed by atoms with van der Waals surface area (Å²) in [5, 5.41) is 2.59. The molecule has 1 aromatic carbocycles. The van der Waals surface area contributed by atoms with Crippen molar-refractivity contribution in [3.05, 3.63) is 29.3 Å². The highest BCUT2D eigenvalue weighted by molar-refractivity contribution is 5.49. The monoisotopic (exact) mass is 203 g/mol. The van der Waals surface area contributed by atoms with Gasteiger partial charge in [-0.3, -0.25) is 4.79 Å². The molecule has 0 spiro atoms. The SMILES string of the molecule is CC#Cc1ccc(CNC=O)c(OC)c1. The molecule has 0 saturated heterocycles. The Morgan fingerprint density at radius 1 is 1.53 bits per heavy atom. The molecule has 0 aromatic heterocycles. The number of carbonyl (C=O) groups excluding carboxylic acids is 1. The summed E-state index contributed by atoms with van der Waals surface area (Å²) in [7, 11) is 1.60. The molecule has 0 unspecified atom stereocenters. The van der Waals surface area contributed by atoms with E-state index in [2.05, 4.69) is 17.2 Å². The smallest absolute Gasteiger partial charge is 0.207 e. The van der Waals surface area contributed by atoms with Crippen LogP contribution in [0, 0.1) is 11.8 Å². The Kier molecular flexibility index (Phi) is 4.24. The van der Waals surface area contributed by atoms with Crippen LogP contribution in [0.15, 0.2) is 18.2 Å². The van der Waals surface area contributed by atoms with E-state index in [0.717, 1.165) is 16.9 Å². The van der Waals surface area contributed by atoms with Gasteiger partial charge in [-0.15, -0.1) is 5.92 Å². The molecule has 3 nitrogen and oxygen atoms in total. The molecule has 0 saturated carbocycles. The molecule has 0 aliphatic carbocycles. The number of carbonyl (C=O) groups is 1. The minimum atomic E-state index is 0.465. The van der Waals surface area contributed by atoms with Gasteiger partial charge in [-0.2, -0.15) is 0 Å². The van der Waals surface area contributed by atoms with E-state index in [1.165, 1.54) is 0 Å². The Morgan fingerprint density at radius 3 is 2.93 bits per heavy atom. The van der Waals surface area contributed by atoms with E-state index in [1.54, 1.807) is 14.0 Å². The molecule has 78 valence electrons. The summed E-state index contributed by atoms with van der Waals surface area (Å²) in [5.74, 6) is 6.51. The van der Waals surface area contributed by atoms with Crippen molar-refractivity contribution in [3.8, 4) is 17.6 Å². The quantitative estimate of drug-likeness (QED) is 0.592. The zero-order valence-electron chi connectivity index (χ0n) is 8.83. The fourth-order valence-corrected chi connectivity index (χ4v) is 1.26. The van der Waals surface area contributed by atoms with Crippen molar-refractivity contribution in [2.75, 3.05) is 7.11 Å². The van der Waals surface area contributed by atoms with Crippen LogP contribution in [0.25, 0.3) is 0 Å². The van der Waals surface area contributed by atoms with Crippen LogP contribution < -0.4 is 10.1 Å². The predicted molar refractivity (Wildman–Crippen MR) is 58.4 cm³/mol. The first-order valence-corrected chi connectivity index (χ1v) is 4.58. The van der Waals surface area contributed by atoms with Crippen LogP contribution in [0.4, 0.5) is 0 Å². The molecule has 1 aromatic rings. The van der Waals surface area contributed by atoms with Crippen LogP contribution >= 0.6 is 0 Å². The van der Waals surface area contributed by atoms with E-state index < -0.39 is 0 Å². The van der Waals surface area contributed by atoms with Gasteiger partial charge in [0.25, 0.3) is 0 Å². The second-order valence-electron chi connectivity index (χ2n) is 2.90. The molecule has 3 heteroatoms. The van der Waals surface area contributed by atoms with Gasteiger partial charge in [0.05, 0.1) is 7.11 Å². The van der Waals surface area contributed by atoms with Crippen LogP contribution in [-0.4, -0.2) is 13.5 Å². The van der Waals surface area contributed by atoms with Crippen molar-refractivity contribution < 1.29 is 9.53 Å². The van der Waals surface area contributed by atoms with Crippen LogP contribution in [0.3, 0.4) is 0 Å². The summed E-state index contributed by atoms with van der Waals surface area (Å²) in [4.78, 5) is 10.2. The fourth-order valence-electron chi connectivity index (χ4n) is 1.26. The molecule has 0 radical (unpaired) electrons. The van der Waals surface area contributed by atoms with Gasteiger partial charge in [0, 0.05) is 17.7 Å². The summed E-state index contributed by atoms with van der Waals surface area (Å²) in [5.41, 5.74) is 1.84. The second-order valence-corrected chi connectivity index (χ2v) is 2.90. The van der Waals surface area contributed by atoms with Gasteiger partial charge in [0.15, 0.2) is 0 Å². The zero-order chi connectivity index (χ0) is 11.1. The number of methoxy groups -OCH3 is 1. The van der Waals surface area contributed by atoms with Gasteiger partial charge >= 0.3 is 0 Å². The van der Waals surface area contributed by atoms with Gasteiger partial charge in [0.1, 0.15) is 5.75 Å². The number of nitrogens with one attached hydrogen (secondary N) is 1. The number of benzene rings is 1. The highest BCUT2D eigenvalue weighted by Crippen LogP contribution is 2.19. The number of hydrogen-bond donors (Lipinski definition) is 1. The van der Waals surface area contributed by atoms with Gasteiger partial charge in [-0.05, 0) is 19.1 Å². The molecular weight excluding hydrogens is 190 g/mol. The molecule has 1 N–H and O–H groups in total. The Balaban J connectivity index is 2.95. The zero-order valence-corrected chi connectivity index (χ0v) is 8.83. The summed E-state index contributed by atoms with van der Waals surface area (Å²) in [6.07, 6.45) is 0.666. The number of amides is 1. The van der Waals surface area contributed by atoms with Crippen molar-refractivity contribution in [2.45, 2.75) is 13.5 Å². The van der Waals surface area contributed by atoms with Crippen molar-refractivity contribution >= 4 is 6.41 Å². The van der Waals surface area contributed by atoms with Gasteiger partial charge in [-0.25, -0.2) is 0 Å². The van der Waals surface area contributed by atoms with Crippen molar-refractivity contribution in [1.29, 1.82) is 0 Å². The van der Waals surface area contributed by atoms with Gasteiger partial charge < -0.3 is 10.1 Å². The molecule has 0 aliphatic rings. The minimum Gasteiger partial charge on any atom is -0.496 e. The third kappa shape index (κ3) is 3.03. The molecule has 0 heterocycles. The first kappa shape index (κ1) is 11.1. The Hall–Kier alpha value is -1.95. The first-order chi connectivity index (χ1) is 7.31. The van der Waals surface area contributed by atoms with Crippen molar-refractivity contribution in [3.63, 3.8) is 0 Å². The van der Waals surface area contributed by atoms with Crippen molar-refractivity contribution in [2.24, 2.45) is 0 Å². The Bertz CT molecular complexity index is 402. The van der Waals surface area contributed by atoms with Crippen molar-refractivity contribution in [1.82, 2.24) is 5.32 Å². The highest BCUT2D eigenvalue weighted by Gasteiger charge is 2.02. The molecule has 0 bridgehead atoms. The normalized spacial score (nSPS) is 8.67. The Labute approximate surface area is 89.4 Å². The van der Waals surface area contributed by atoms with E-state index >= 15 is 0 Å². The lowest BCUT2D eigenvalue weighted by atomic mass is 10.1. The molecular formula is C12H13NO2. The average molecular weight is 203 g/mol. The summed E-state index contributed by atoms with van der Waals surface area (Å²) >= 11 is 0. The highest BCUT2D eigenvalue weighted by atomic mass is 16.5. The third-order valence-electron chi connectivity index (χ3n) is 1.93. The molecule has 1 amide bonds. The van der Waals surface area contributed by atoms with Crippen LogP contribution in [0.2, 0.25) is 0 Å². The molecule has 1 rings (SSSR count). The minimum absolute atomic E-state index is 0.465. The lowest BCUT2D eigenvalue weighted by Gasteiger charge is -2.07. The maximum atomic E-state index is 10.2. The average Bonchev–Trinajstić information content (AvgIpc) is 2.27. The third-order valence-corrected chi connectivity index (χ3v) is 1.93. The molecule has 0 aliphatic heterocycles. The lowest BCUT2D eigenvalue weighted by molar-refractivity contribution is -0.109. The van der Waals surface area contributed by atoms with E-state index in [1.807, 2.05) is 18.2 Å². The standard InChI is InChI=1S/C12H13NO2/c1-3-4-10-5-6-11(8-13-9-14)12(7-10)15-2/h5-7,9H,8H2,1-2H3,(H,13,14). The topological polar surface area (TPSA) is 38.3 Å². The van der Waals surface area contributed by atoms with Crippen LogP contribution in [0.1, 0.15) is 18.1 Å². The number of hydrogen-bond acceptors (Lipinski definition) is 2. The second kappa shape index (κ2) is 5.71. The number of ether oxygens (including phenoxy) is 1. The van der Waals surface area contributed by atoms with Crippen LogP contribution in [0.5, 0.6) is 5.75 Å². The summed E-state index contributed by atoms with van der Waals surface area (Å²) < 4.78 is 5.21. The van der Waals surface area contributed by atoms with Crippen LogP contribution in [-0.2, 0) is 11.3 Å². The number of rotatable bonds is 4. The summed E-state index contributed by atoms with van der Waals surface area (Å²) in [6.45, 7) is 2.25. The van der Waals surface area contributed by atoms with Gasteiger partial charge in [0.2, 0.25) is 6.41 Å². The fraction of sp³-hybridized carbons (Fsp3) is 0.250. The van der Waals surface area contributed by atoms with E-state index in [4.69, 9.17) is 4.74 Å². The van der Waals surface area contributed by atoms with E-state index in [0.29, 0.717) is 13.0 Å². The molecule has 0 fully saturated rings. The van der Waals surface area contributed by atoms with E-state index in [9.17, 15) is 4.79 Å². The largest absolute Gasteiger partial charge is 0.496 e. The molecule has 15 heavy (non-hydrogen) atoms. The lowest BCUT2D eigenvalue weighted by Crippen LogP contribution is -2.10. The Morgan fingerprint density at radius 2 is 2.33 bits per heavy atom. The maximum absolute atomic E-state index is 10.2. The predicted octanol–water partition coefficient (Wildman–Crippen LogP) is 1.31.